The topological polar surface area (TPSA) is 53.9 Å². The van der Waals surface area contributed by atoms with Gasteiger partial charge in [0.1, 0.15) is 11.3 Å². The molecular formula is C17H19ClFN5S. The molecule has 0 spiro atoms. The van der Waals surface area contributed by atoms with Crippen molar-refractivity contribution in [3.8, 4) is 0 Å². The van der Waals surface area contributed by atoms with E-state index >= 15 is 0 Å². The molecule has 2 saturated heterocycles. The molecule has 2 fully saturated rings. The predicted molar refractivity (Wildman–Crippen MR) is 98.1 cm³/mol. The number of pyridine rings is 1. The minimum atomic E-state index is -0.529. The maximum absolute atomic E-state index is 14.7. The van der Waals surface area contributed by atoms with Crippen molar-refractivity contribution < 1.29 is 4.39 Å². The molecule has 0 saturated carbocycles. The van der Waals surface area contributed by atoms with Crippen LogP contribution in [0, 0.1) is 5.82 Å². The van der Waals surface area contributed by atoms with E-state index in [0.29, 0.717) is 28.8 Å². The Bertz CT molecular complexity index is 863. The number of aromatic nitrogens is 3. The van der Waals surface area contributed by atoms with Crippen molar-refractivity contribution in [2.24, 2.45) is 0 Å². The van der Waals surface area contributed by atoms with Gasteiger partial charge in [0.05, 0.1) is 11.1 Å². The average Bonchev–Trinajstić information content (AvgIpc) is 2.92. The minimum absolute atomic E-state index is 0.0842. The fourth-order valence-corrected chi connectivity index (χ4v) is 5.29. The zero-order valence-corrected chi connectivity index (χ0v) is 15.5. The van der Waals surface area contributed by atoms with Gasteiger partial charge < -0.3 is 10.2 Å². The van der Waals surface area contributed by atoms with Crippen molar-refractivity contribution in [2.75, 3.05) is 17.2 Å². The molecule has 0 aliphatic carbocycles. The van der Waals surface area contributed by atoms with Crippen molar-refractivity contribution >= 4 is 40.1 Å². The van der Waals surface area contributed by atoms with Gasteiger partial charge in [-0.3, -0.25) is 0 Å². The Morgan fingerprint density at radius 1 is 1.28 bits per heavy atom. The maximum atomic E-state index is 14.7. The van der Waals surface area contributed by atoms with E-state index in [4.69, 9.17) is 16.6 Å². The number of rotatable bonds is 2. The summed E-state index contributed by atoms with van der Waals surface area (Å²) in [6.07, 6.45) is 4.14. The van der Waals surface area contributed by atoms with Crippen molar-refractivity contribution in [1.82, 2.24) is 20.3 Å². The van der Waals surface area contributed by atoms with Crippen LogP contribution in [0.15, 0.2) is 5.16 Å². The predicted octanol–water partition coefficient (Wildman–Crippen LogP) is 3.18. The molecule has 132 valence electrons. The molecule has 0 aromatic carbocycles. The third-order valence-corrected chi connectivity index (χ3v) is 6.54. The molecule has 0 amide bonds. The van der Waals surface area contributed by atoms with E-state index in [-0.39, 0.29) is 5.15 Å². The van der Waals surface area contributed by atoms with Gasteiger partial charge in [0.15, 0.2) is 16.1 Å². The highest BCUT2D eigenvalue weighted by molar-refractivity contribution is 7.99. The van der Waals surface area contributed by atoms with Crippen LogP contribution in [-0.4, -0.2) is 45.4 Å². The molecule has 5 nitrogen and oxygen atoms in total. The van der Waals surface area contributed by atoms with E-state index < -0.39 is 5.82 Å². The summed E-state index contributed by atoms with van der Waals surface area (Å²) in [5, 5.41) is 5.01. The lowest BCUT2D eigenvalue weighted by Gasteiger charge is -2.41. The lowest BCUT2D eigenvalue weighted by atomic mass is 10.00. The van der Waals surface area contributed by atoms with Gasteiger partial charge in [-0.1, -0.05) is 30.3 Å². The molecule has 2 bridgehead atoms. The number of fused-ring (bicyclic) bond motifs is 5. The van der Waals surface area contributed by atoms with Gasteiger partial charge in [0.2, 0.25) is 0 Å². The van der Waals surface area contributed by atoms with Crippen LogP contribution in [0.25, 0.3) is 10.9 Å². The first-order valence-electron chi connectivity index (χ1n) is 8.86. The average molecular weight is 380 g/mol. The highest BCUT2D eigenvalue weighted by atomic mass is 35.5. The molecule has 25 heavy (non-hydrogen) atoms. The van der Waals surface area contributed by atoms with E-state index in [1.54, 1.807) is 0 Å². The number of hydrogen-bond acceptors (Lipinski definition) is 6. The number of hydrogen-bond donors (Lipinski definition) is 1. The van der Waals surface area contributed by atoms with Gasteiger partial charge in [0, 0.05) is 24.7 Å². The minimum Gasteiger partial charge on any atom is -0.350 e. The van der Waals surface area contributed by atoms with Crippen LogP contribution in [0.1, 0.15) is 31.9 Å². The molecule has 2 aromatic rings. The molecule has 8 heteroatoms. The number of anilines is 1. The summed E-state index contributed by atoms with van der Waals surface area (Å²) in [7, 11) is 0. The molecule has 5 rings (SSSR count). The van der Waals surface area contributed by atoms with E-state index in [2.05, 4.69) is 20.2 Å². The van der Waals surface area contributed by atoms with Gasteiger partial charge in [-0.05, 0) is 31.4 Å². The number of halogens is 2. The van der Waals surface area contributed by atoms with Crippen LogP contribution < -0.4 is 10.2 Å². The van der Waals surface area contributed by atoms with Gasteiger partial charge >= 0.3 is 0 Å². The second-order valence-electron chi connectivity index (χ2n) is 6.96. The molecule has 0 unspecified atom stereocenters. The number of piperazine rings is 1. The highest BCUT2D eigenvalue weighted by Crippen LogP contribution is 2.40. The first kappa shape index (κ1) is 16.0. The Morgan fingerprint density at radius 2 is 2.16 bits per heavy atom. The number of nitrogens with zero attached hydrogens (tertiary/aromatic N) is 4. The molecular weight excluding hydrogens is 361 g/mol. The zero-order chi connectivity index (χ0) is 17.1. The zero-order valence-electron chi connectivity index (χ0n) is 13.9. The highest BCUT2D eigenvalue weighted by Gasteiger charge is 2.43. The quantitative estimate of drug-likeness (QED) is 0.491. The molecule has 3 aliphatic rings. The summed E-state index contributed by atoms with van der Waals surface area (Å²) in [5.41, 5.74) is 1.15. The molecule has 5 heterocycles. The fourth-order valence-electron chi connectivity index (χ4n) is 4.53. The maximum Gasteiger partial charge on any atom is 0.190 e. The lowest BCUT2D eigenvalue weighted by molar-refractivity contribution is 0.362. The van der Waals surface area contributed by atoms with Crippen LogP contribution in [0.4, 0.5) is 10.2 Å². The normalized spacial score (nSPS) is 27.5. The number of nitrogens with one attached hydrogen (secondary N) is 1. The van der Waals surface area contributed by atoms with E-state index in [1.165, 1.54) is 24.6 Å². The largest absolute Gasteiger partial charge is 0.350 e. The number of thioether (sulfide) groups is 1. The Balaban J connectivity index is 1.77. The fraction of sp³-hybridized carbons (Fsp3) is 0.588. The second kappa shape index (κ2) is 5.93. The van der Waals surface area contributed by atoms with Crippen LogP contribution in [0.2, 0.25) is 5.15 Å². The Morgan fingerprint density at radius 3 is 3.00 bits per heavy atom. The van der Waals surface area contributed by atoms with Crippen LogP contribution >= 0.6 is 23.4 Å². The monoisotopic (exact) mass is 379 g/mol. The van der Waals surface area contributed by atoms with Gasteiger partial charge in [-0.15, -0.1) is 0 Å². The molecule has 1 N–H and O–H groups in total. The Hall–Kier alpha value is -1.18. The molecule has 0 radical (unpaired) electrons. The molecule has 3 aliphatic heterocycles. The standard InChI is InChI=1S/C17H19ClFN5S/c1-2-25-17-22-14-12-10(21-15(18)13(14)19)5-6-11-9-4-3-8(20-9)7-24(11)16(12)23-17/h8-9,11,20H,2-7H2,1H3/t8-,9+,11+/m1/s1. The van der Waals surface area contributed by atoms with Crippen molar-refractivity contribution in [1.29, 1.82) is 0 Å². The smallest absolute Gasteiger partial charge is 0.190 e. The van der Waals surface area contributed by atoms with E-state index in [9.17, 15) is 4.39 Å². The van der Waals surface area contributed by atoms with Crippen LogP contribution in [-0.2, 0) is 6.42 Å². The Kier molecular flexibility index (Phi) is 3.80. The third kappa shape index (κ3) is 2.43. The Labute approximate surface area is 154 Å². The SMILES string of the molecule is CCSc1nc2c3c(nc(Cl)c(F)c3n1)CC[C@H]1[C@@H]3CC[C@H](CN21)N3. The van der Waals surface area contributed by atoms with Gasteiger partial charge in [0.25, 0.3) is 0 Å². The number of aryl methyl sites for hydroxylation is 1. The van der Waals surface area contributed by atoms with Gasteiger partial charge in [-0.25, -0.2) is 19.3 Å². The van der Waals surface area contributed by atoms with Crippen LogP contribution in [0.5, 0.6) is 0 Å². The second-order valence-corrected chi connectivity index (χ2v) is 8.54. The van der Waals surface area contributed by atoms with Crippen LogP contribution in [0.3, 0.4) is 0 Å². The molecule has 2 aromatic heterocycles. The summed E-state index contributed by atoms with van der Waals surface area (Å²) >= 11 is 7.60. The first-order chi connectivity index (χ1) is 12.2. The molecule has 3 atom stereocenters. The van der Waals surface area contributed by atoms with E-state index in [1.807, 2.05) is 6.92 Å². The summed E-state index contributed by atoms with van der Waals surface area (Å²) in [6.45, 7) is 2.96. The van der Waals surface area contributed by atoms with Crippen molar-refractivity contribution in [2.45, 2.75) is 55.9 Å². The van der Waals surface area contributed by atoms with E-state index in [0.717, 1.165) is 42.0 Å². The van der Waals surface area contributed by atoms with Gasteiger partial charge in [-0.2, -0.15) is 0 Å². The summed E-state index contributed by atoms with van der Waals surface area (Å²) in [4.78, 5) is 16.0. The van der Waals surface area contributed by atoms with Crippen molar-refractivity contribution in [3.05, 3.63) is 16.7 Å². The van der Waals surface area contributed by atoms with Crippen molar-refractivity contribution in [3.63, 3.8) is 0 Å². The lowest BCUT2D eigenvalue weighted by Crippen LogP contribution is -2.58. The summed E-state index contributed by atoms with van der Waals surface area (Å²) in [6, 6.07) is 1.33. The first-order valence-corrected chi connectivity index (χ1v) is 10.2. The summed E-state index contributed by atoms with van der Waals surface area (Å²) < 4.78 is 14.7. The summed E-state index contributed by atoms with van der Waals surface area (Å²) in [5.74, 6) is 1.16. The third-order valence-electron chi connectivity index (χ3n) is 5.56.